The molecule has 33 heavy (non-hydrogen) atoms. The van der Waals surface area contributed by atoms with Gasteiger partial charge in [-0.3, -0.25) is 9.69 Å². The lowest BCUT2D eigenvalue weighted by Crippen LogP contribution is -2.33. The summed E-state index contributed by atoms with van der Waals surface area (Å²) in [6.45, 7) is 1.32. The van der Waals surface area contributed by atoms with Gasteiger partial charge in [0.25, 0.3) is 0 Å². The van der Waals surface area contributed by atoms with Crippen LogP contribution in [-0.4, -0.2) is 64.3 Å². The van der Waals surface area contributed by atoms with Crippen LogP contribution in [-0.2, 0) is 14.6 Å². The van der Waals surface area contributed by atoms with Crippen molar-refractivity contribution in [1.82, 2.24) is 9.88 Å². The summed E-state index contributed by atoms with van der Waals surface area (Å²) in [7, 11) is 2.00. The highest BCUT2D eigenvalue weighted by atomic mass is 35.5. The molecule has 0 aliphatic carbocycles. The van der Waals surface area contributed by atoms with Gasteiger partial charge in [0.05, 0.1) is 27.5 Å². The second-order valence-electron chi connectivity index (χ2n) is 7.88. The molecule has 0 bridgehead atoms. The normalized spacial score (nSPS) is 11.8. The van der Waals surface area contributed by atoms with E-state index in [4.69, 9.17) is 16.3 Å². The van der Waals surface area contributed by atoms with Crippen LogP contribution in [0.2, 0.25) is 5.02 Å². The van der Waals surface area contributed by atoms with Crippen molar-refractivity contribution in [2.24, 2.45) is 0 Å². The highest BCUT2D eigenvalue weighted by molar-refractivity contribution is 7.91. The quantitative estimate of drug-likeness (QED) is 0.378. The fourth-order valence-corrected chi connectivity index (χ4v) is 5.96. The van der Waals surface area contributed by atoms with Gasteiger partial charge in [-0.05, 0) is 69.9 Å². The number of carbonyl (C=O) groups excluding carboxylic acids is 1. The fraction of sp³-hybridized carbons (Fsp3) is 0.391. The van der Waals surface area contributed by atoms with E-state index >= 15 is 0 Å². The number of sulfone groups is 1. The summed E-state index contributed by atoms with van der Waals surface area (Å²) in [4.78, 5) is 21.7. The average Bonchev–Trinajstić information content (AvgIpc) is 3.21. The Morgan fingerprint density at radius 3 is 2.45 bits per heavy atom. The molecule has 0 aliphatic rings. The predicted octanol–water partition coefficient (Wildman–Crippen LogP) is 4.50. The standard InChI is InChI=1S/C23H28ClN3O4S2/c1-26(2)14-6-15-27(23-25-22-19(24)7-4-8-20(22)32-23)21(28)9-5-16-33(29,30)18-12-10-17(31-3)11-13-18/h4,7-8,10-13H,5-6,9,14-16H2,1-3H3. The summed E-state index contributed by atoms with van der Waals surface area (Å²) in [6, 6.07) is 11.8. The molecule has 0 saturated carbocycles. The Labute approximate surface area is 203 Å². The molecule has 1 amide bonds. The molecular formula is C23H28ClN3O4S2. The maximum absolute atomic E-state index is 13.1. The Bertz CT molecular complexity index is 1190. The molecule has 0 atom stereocenters. The highest BCUT2D eigenvalue weighted by Crippen LogP contribution is 2.33. The maximum Gasteiger partial charge on any atom is 0.228 e. The number of carbonyl (C=O) groups is 1. The first kappa shape index (κ1) is 25.4. The largest absolute Gasteiger partial charge is 0.497 e. The SMILES string of the molecule is COc1ccc(S(=O)(=O)CCCC(=O)N(CCCN(C)C)c2nc3c(Cl)cccc3s2)cc1. The Kier molecular flexibility index (Phi) is 8.69. The van der Waals surface area contributed by atoms with Crippen molar-refractivity contribution >= 4 is 54.0 Å². The van der Waals surface area contributed by atoms with Crippen molar-refractivity contribution in [3.05, 3.63) is 47.5 Å². The van der Waals surface area contributed by atoms with E-state index in [0.717, 1.165) is 17.7 Å². The molecule has 0 saturated heterocycles. The van der Waals surface area contributed by atoms with Gasteiger partial charge in [-0.2, -0.15) is 0 Å². The van der Waals surface area contributed by atoms with Crippen molar-refractivity contribution in [1.29, 1.82) is 0 Å². The van der Waals surface area contributed by atoms with Gasteiger partial charge in [-0.25, -0.2) is 13.4 Å². The van der Waals surface area contributed by atoms with E-state index in [1.807, 2.05) is 26.2 Å². The van der Waals surface area contributed by atoms with Crippen LogP contribution in [0.15, 0.2) is 47.4 Å². The van der Waals surface area contributed by atoms with E-state index in [1.165, 1.54) is 30.6 Å². The molecule has 0 aliphatic heterocycles. The van der Waals surface area contributed by atoms with Crippen LogP contribution in [0.25, 0.3) is 10.2 Å². The molecular weight excluding hydrogens is 482 g/mol. The number of fused-ring (bicyclic) bond motifs is 1. The van der Waals surface area contributed by atoms with Crippen LogP contribution in [0.1, 0.15) is 19.3 Å². The van der Waals surface area contributed by atoms with Gasteiger partial charge in [0, 0.05) is 13.0 Å². The van der Waals surface area contributed by atoms with Gasteiger partial charge in [0.2, 0.25) is 5.91 Å². The zero-order valence-electron chi connectivity index (χ0n) is 19.0. The molecule has 3 aromatic rings. The number of para-hydroxylation sites is 1. The molecule has 0 N–H and O–H groups in total. The lowest BCUT2D eigenvalue weighted by Gasteiger charge is -2.21. The van der Waals surface area contributed by atoms with Crippen molar-refractivity contribution in [2.45, 2.75) is 24.2 Å². The second-order valence-corrected chi connectivity index (χ2v) is 11.4. The molecule has 3 rings (SSSR count). The number of thiazole rings is 1. The summed E-state index contributed by atoms with van der Waals surface area (Å²) in [5, 5.41) is 1.13. The molecule has 0 spiro atoms. The van der Waals surface area contributed by atoms with Crippen molar-refractivity contribution in [3.63, 3.8) is 0 Å². The smallest absolute Gasteiger partial charge is 0.228 e. The number of rotatable bonds is 11. The number of ether oxygens (including phenoxy) is 1. The van der Waals surface area contributed by atoms with Crippen LogP contribution in [0.4, 0.5) is 5.13 Å². The average molecular weight is 510 g/mol. The minimum atomic E-state index is -3.49. The molecule has 0 fully saturated rings. The number of anilines is 1. The third-order valence-corrected chi connectivity index (χ3v) is 8.26. The van der Waals surface area contributed by atoms with E-state index in [-0.39, 0.29) is 29.4 Å². The zero-order chi connectivity index (χ0) is 24.0. The molecule has 0 unspecified atom stereocenters. The van der Waals surface area contributed by atoms with Crippen LogP contribution in [0, 0.1) is 0 Å². The molecule has 10 heteroatoms. The summed E-state index contributed by atoms with van der Waals surface area (Å²) < 4.78 is 31.3. The van der Waals surface area contributed by atoms with Crippen LogP contribution < -0.4 is 9.64 Å². The van der Waals surface area contributed by atoms with Gasteiger partial charge in [0.1, 0.15) is 11.3 Å². The van der Waals surface area contributed by atoms with Gasteiger partial charge < -0.3 is 9.64 Å². The number of halogens is 1. The molecule has 1 heterocycles. The summed E-state index contributed by atoms with van der Waals surface area (Å²) in [6.07, 6.45) is 1.11. The Morgan fingerprint density at radius 2 is 1.82 bits per heavy atom. The molecule has 7 nitrogen and oxygen atoms in total. The summed E-state index contributed by atoms with van der Waals surface area (Å²) in [5.41, 5.74) is 0.673. The first-order valence-corrected chi connectivity index (χ1v) is 13.4. The Morgan fingerprint density at radius 1 is 1.09 bits per heavy atom. The van der Waals surface area contributed by atoms with Gasteiger partial charge in [0.15, 0.2) is 15.0 Å². The van der Waals surface area contributed by atoms with Gasteiger partial charge in [-0.15, -0.1) is 0 Å². The molecule has 178 valence electrons. The minimum absolute atomic E-state index is 0.109. The lowest BCUT2D eigenvalue weighted by atomic mass is 10.3. The zero-order valence-corrected chi connectivity index (χ0v) is 21.3. The first-order chi connectivity index (χ1) is 15.7. The lowest BCUT2D eigenvalue weighted by molar-refractivity contribution is -0.118. The predicted molar refractivity (Wildman–Crippen MR) is 134 cm³/mol. The van der Waals surface area contributed by atoms with E-state index in [2.05, 4.69) is 9.88 Å². The van der Waals surface area contributed by atoms with Crippen LogP contribution in [0.5, 0.6) is 5.75 Å². The monoisotopic (exact) mass is 509 g/mol. The fourth-order valence-electron chi connectivity index (χ4n) is 3.34. The molecule has 0 radical (unpaired) electrons. The minimum Gasteiger partial charge on any atom is -0.497 e. The number of amides is 1. The second kappa shape index (κ2) is 11.3. The number of methoxy groups -OCH3 is 1. The first-order valence-electron chi connectivity index (χ1n) is 10.6. The number of benzene rings is 2. The Balaban J connectivity index is 1.70. The number of hydrogen-bond donors (Lipinski definition) is 0. The summed E-state index contributed by atoms with van der Waals surface area (Å²) >= 11 is 7.68. The topological polar surface area (TPSA) is 79.8 Å². The molecule has 2 aromatic carbocycles. The van der Waals surface area contributed by atoms with E-state index in [0.29, 0.717) is 28.0 Å². The van der Waals surface area contributed by atoms with Crippen molar-refractivity contribution in [3.8, 4) is 5.75 Å². The Hall–Kier alpha value is -2.20. The van der Waals surface area contributed by atoms with Crippen LogP contribution >= 0.6 is 22.9 Å². The summed E-state index contributed by atoms with van der Waals surface area (Å²) in [5.74, 6) is 0.338. The van der Waals surface area contributed by atoms with Crippen LogP contribution in [0.3, 0.4) is 0 Å². The highest BCUT2D eigenvalue weighted by Gasteiger charge is 2.22. The third kappa shape index (κ3) is 6.66. The van der Waals surface area contributed by atoms with Crippen molar-refractivity contribution in [2.75, 3.05) is 44.9 Å². The number of nitrogens with zero attached hydrogens (tertiary/aromatic N) is 3. The van der Waals surface area contributed by atoms with Gasteiger partial charge in [-0.1, -0.05) is 29.0 Å². The maximum atomic E-state index is 13.1. The molecule has 1 aromatic heterocycles. The van der Waals surface area contributed by atoms with E-state index in [1.54, 1.807) is 23.1 Å². The number of aromatic nitrogens is 1. The van der Waals surface area contributed by atoms with Gasteiger partial charge >= 0.3 is 0 Å². The number of hydrogen-bond acceptors (Lipinski definition) is 7. The van der Waals surface area contributed by atoms with Crippen molar-refractivity contribution < 1.29 is 17.9 Å². The van der Waals surface area contributed by atoms with E-state index < -0.39 is 9.84 Å². The van der Waals surface area contributed by atoms with E-state index in [9.17, 15) is 13.2 Å². The third-order valence-electron chi connectivity index (χ3n) is 5.10.